The van der Waals surface area contributed by atoms with E-state index in [9.17, 15) is 0 Å². The predicted octanol–water partition coefficient (Wildman–Crippen LogP) is 7.22. The molecule has 1 aromatic heterocycles. The second-order valence-electron chi connectivity index (χ2n) is 7.54. The van der Waals surface area contributed by atoms with Crippen LogP contribution in [0.3, 0.4) is 0 Å². The highest BCUT2D eigenvalue weighted by Crippen LogP contribution is 2.35. The minimum absolute atomic E-state index is 0.256. The van der Waals surface area contributed by atoms with Gasteiger partial charge in [-0.25, -0.2) is 4.98 Å². The zero-order chi connectivity index (χ0) is 22.2. The van der Waals surface area contributed by atoms with Gasteiger partial charge in [-0.3, -0.25) is 4.99 Å². The number of ether oxygens (including phenoxy) is 2. The third-order valence-corrected chi connectivity index (χ3v) is 5.51. The lowest BCUT2D eigenvalue weighted by atomic mass is 10.1. The second kappa shape index (κ2) is 10.8. The number of halogens is 1. The number of benzene rings is 2. The maximum Gasteiger partial charge on any atom is 0.168 e. The molecule has 6 heteroatoms. The predicted molar refractivity (Wildman–Crippen MR) is 132 cm³/mol. The van der Waals surface area contributed by atoms with Crippen LogP contribution >= 0.6 is 11.6 Å². The van der Waals surface area contributed by atoms with Crippen molar-refractivity contribution in [3.8, 4) is 11.5 Å². The first kappa shape index (κ1) is 21.9. The number of pyridine rings is 1. The molecule has 32 heavy (non-hydrogen) atoms. The van der Waals surface area contributed by atoms with E-state index < -0.39 is 0 Å². The summed E-state index contributed by atoms with van der Waals surface area (Å²) in [5.74, 6) is 2.25. The number of nitrogens with one attached hydrogen (secondary N) is 1. The number of rotatable bonds is 8. The van der Waals surface area contributed by atoms with Gasteiger partial charge >= 0.3 is 0 Å². The van der Waals surface area contributed by atoms with Crippen molar-refractivity contribution in [2.24, 2.45) is 4.99 Å². The Kier molecular flexibility index (Phi) is 7.41. The van der Waals surface area contributed by atoms with Crippen LogP contribution in [0.15, 0.2) is 71.9 Å². The number of aliphatic imine (C=N–C) groups is 1. The average Bonchev–Trinajstić information content (AvgIpc) is 3.33. The SMILES string of the molecule is COc1cccc(/C=C/C=Nc2ccccc2Nc2ccc(Cl)cn2)c1OC1CCCC1. The second-order valence-corrected chi connectivity index (χ2v) is 7.98. The molecule has 1 aliphatic rings. The van der Waals surface area contributed by atoms with Gasteiger partial charge in [0.25, 0.3) is 0 Å². The summed E-state index contributed by atoms with van der Waals surface area (Å²) in [7, 11) is 1.67. The molecule has 0 spiro atoms. The summed E-state index contributed by atoms with van der Waals surface area (Å²) in [6, 6.07) is 17.4. The molecule has 0 atom stereocenters. The first-order chi connectivity index (χ1) is 15.7. The molecule has 5 nitrogen and oxygen atoms in total. The number of hydrogen-bond acceptors (Lipinski definition) is 5. The van der Waals surface area contributed by atoms with Crippen molar-refractivity contribution >= 4 is 41.1 Å². The number of nitrogens with zero attached hydrogens (tertiary/aromatic N) is 2. The van der Waals surface area contributed by atoms with Crippen LogP contribution < -0.4 is 14.8 Å². The van der Waals surface area contributed by atoms with Crippen LogP contribution in [0.1, 0.15) is 31.2 Å². The lowest BCUT2D eigenvalue weighted by Crippen LogP contribution is -2.12. The highest BCUT2D eigenvalue weighted by Gasteiger charge is 2.19. The van der Waals surface area contributed by atoms with Gasteiger partial charge in [0.05, 0.1) is 29.6 Å². The molecule has 0 saturated heterocycles. The van der Waals surface area contributed by atoms with Gasteiger partial charge in [0, 0.05) is 18.0 Å². The molecule has 1 fully saturated rings. The topological polar surface area (TPSA) is 55.7 Å². The van der Waals surface area contributed by atoms with E-state index in [0.29, 0.717) is 10.8 Å². The van der Waals surface area contributed by atoms with Crippen molar-refractivity contribution < 1.29 is 9.47 Å². The molecule has 0 unspecified atom stereocenters. The lowest BCUT2D eigenvalue weighted by molar-refractivity contribution is 0.200. The fraction of sp³-hybridized carbons (Fsp3) is 0.231. The minimum atomic E-state index is 0.256. The monoisotopic (exact) mass is 447 g/mol. The van der Waals surface area contributed by atoms with Crippen molar-refractivity contribution in [1.29, 1.82) is 0 Å². The van der Waals surface area contributed by atoms with Gasteiger partial charge in [0.2, 0.25) is 0 Å². The summed E-state index contributed by atoms with van der Waals surface area (Å²) < 4.78 is 11.8. The Hall–Kier alpha value is -3.31. The molecule has 1 N–H and O–H groups in total. The zero-order valence-electron chi connectivity index (χ0n) is 18.0. The number of aromatic nitrogens is 1. The minimum Gasteiger partial charge on any atom is -0.493 e. The summed E-state index contributed by atoms with van der Waals surface area (Å²) in [5, 5.41) is 3.88. The van der Waals surface area contributed by atoms with E-state index in [0.717, 1.165) is 41.3 Å². The van der Waals surface area contributed by atoms with Gasteiger partial charge in [-0.2, -0.15) is 0 Å². The lowest BCUT2D eigenvalue weighted by Gasteiger charge is -2.17. The summed E-state index contributed by atoms with van der Waals surface area (Å²) in [6.07, 6.45) is 12.2. The van der Waals surface area contributed by atoms with Crippen molar-refractivity contribution in [3.63, 3.8) is 0 Å². The molecule has 1 aliphatic carbocycles. The Bertz CT molecular complexity index is 1090. The average molecular weight is 448 g/mol. The van der Waals surface area contributed by atoms with Crippen LogP contribution in [-0.4, -0.2) is 24.4 Å². The van der Waals surface area contributed by atoms with Crippen LogP contribution in [0.5, 0.6) is 11.5 Å². The summed E-state index contributed by atoms with van der Waals surface area (Å²) >= 11 is 5.92. The summed E-state index contributed by atoms with van der Waals surface area (Å²) in [4.78, 5) is 8.89. The number of hydrogen-bond donors (Lipinski definition) is 1. The molecule has 4 rings (SSSR count). The van der Waals surface area contributed by atoms with Crippen LogP contribution in [0.25, 0.3) is 6.08 Å². The summed E-state index contributed by atoms with van der Waals surface area (Å²) in [6.45, 7) is 0. The molecular formula is C26H26ClN3O2. The highest BCUT2D eigenvalue weighted by atomic mass is 35.5. The molecule has 0 aliphatic heterocycles. The zero-order valence-corrected chi connectivity index (χ0v) is 18.8. The van der Waals surface area contributed by atoms with Crippen molar-refractivity contribution in [3.05, 3.63) is 77.5 Å². The normalized spacial score (nSPS) is 14.3. The standard InChI is InChI=1S/C26H26ClN3O2/c1-31-24-14-6-8-19(26(24)32-21-10-2-3-11-21)9-7-17-28-22-12-4-5-13-23(22)30-25-16-15-20(27)18-29-25/h4-9,12-18,21H,2-3,10-11H2,1H3,(H,29,30)/b9-7+,28-17?. The van der Waals surface area contributed by atoms with Crippen LogP contribution in [0.4, 0.5) is 17.2 Å². The van der Waals surface area contributed by atoms with Crippen LogP contribution in [0, 0.1) is 0 Å². The Morgan fingerprint density at radius 1 is 1.06 bits per heavy atom. The number of para-hydroxylation sites is 3. The third kappa shape index (κ3) is 5.68. The van der Waals surface area contributed by atoms with Crippen molar-refractivity contribution in [2.45, 2.75) is 31.8 Å². The van der Waals surface area contributed by atoms with E-state index in [1.54, 1.807) is 25.6 Å². The van der Waals surface area contributed by atoms with Gasteiger partial charge in [-0.15, -0.1) is 0 Å². The first-order valence-electron chi connectivity index (χ1n) is 10.7. The molecule has 1 saturated carbocycles. The maximum absolute atomic E-state index is 6.29. The molecule has 0 bridgehead atoms. The number of anilines is 2. The number of allylic oxidation sites excluding steroid dienone is 1. The van der Waals surface area contributed by atoms with E-state index in [1.807, 2.05) is 60.7 Å². The molecule has 0 radical (unpaired) electrons. The molecule has 2 aromatic carbocycles. The first-order valence-corrected chi connectivity index (χ1v) is 11.1. The number of methoxy groups -OCH3 is 1. The summed E-state index contributed by atoms with van der Waals surface area (Å²) in [5.41, 5.74) is 2.64. The van der Waals surface area contributed by atoms with Gasteiger partial charge in [-0.05, 0) is 68.2 Å². The van der Waals surface area contributed by atoms with E-state index in [-0.39, 0.29) is 6.10 Å². The van der Waals surface area contributed by atoms with E-state index >= 15 is 0 Å². The van der Waals surface area contributed by atoms with Crippen molar-refractivity contribution in [1.82, 2.24) is 4.98 Å². The Morgan fingerprint density at radius 2 is 1.91 bits per heavy atom. The molecule has 0 amide bonds. The fourth-order valence-corrected chi connectivity index (χ4v) is 3.79. The van der Waals surface area contributed by atoms with E-state index in [1.165, 1.54) is 12.8 Å². The fourth-order valence-electron chi connectivity index (χ4n) is 3.67. The Balaban J connectivity index is 1.50. The quantitative estimate of drug-likeness (QED) is 0.370. The maximum atomic E-state index is 6.29. The van der Waals surface area contributed by atoms with Gasteiger partial charge in [-0.1, -0.05) is 35.9 Å². The Morgan fingerprint density at radius 3 is 2.69 bits per heavy atom. The van der Waals surface area contributed by atoms with E-state index in [2.05, 4.69) is 15.3 Å². The molecular weight excluding hydrogens is 422 g/mol. The van der Waals surface area contributed by atoms with Gasteiger partial charge in [0.15, 0.2) is 11.5 Å². The van der Waals surface area contributed by atoms with Gasteiger partial charge < -0.3 is 14.8 Å². The van der Waals surface area contributed by atoms with E-state index in [4.69, 9.17) is 21.1 Å². The molecule has 164 valence electrons. The largest absolute Gasteiger partial charge is 0.493 e. The highest BCUT2D eigenvalue weighted by molar-refractivity contribution is 6.30. The molecule has 3 aromatic rings. The molecule has 1 heterocycles. The van der Waals surface area contributed by atoms with Crippen LogP contribution in [-0.2, 0) is 0 Å². The smallest absolute Gasteiger partial charge is 0.168 e. The van der Waals surface area contributed by atoms with Crippen molar-refractivity contribution in [2.75, 3.05) is 12.4 Å². The van der Waals surface area contributed by atoms with Crippen LogP contribution in [0.2, 0.25) is 5.02 Å². The Labute approximate surface area is 193 Å². The third-order valence-electron chi connectivity index (χ3n) is 5.29. The van der Waals surface area contributed by atoms with Gasteiger partial charge in [0.1, 0.15) is 5.82 Å².